The van der Waals surface area contributed by atoms with Gasteiger partial charge in [-0.15, -0.1) is 0 Å². The molecule has 0 saturated heterocycles. The molecule has 0 spiro atoms. The number of amides is 1. The Morgan fingerprint density at radius 3 is 2.64 bits per heavy atom. The van der Waals surface area contributed by atoms with Gasteiger partial charge in [-0.1, -0.05) is 42.8 Å². The van der Waals surface area contributed by atoms with Crippen molar-refractivity contribution in [3.8, 4) is 11.3 Å². The summed E-state index contributed by atoms with van der Waals surface area (Å²) < 4.78 is 6.89. The maximum absolute atomic E-state index is 13.3. The van der Waals surface area contributed by atoms with Crippen LogP contribution < -0.4 is 10.5 Å². The molecule has 6 rings (SSSR count). The third-order valence-electron chi connectivity index (χ3n) is 7.13. The summed E-state index contributed by atoms with van der Waals surface area (Å²) in [6.45, 7) is 1.61. The predicted octanol–water partition coefficient (Wildman–Crippen LogP) is 5.44. The van der Waals surface area contributed by atoms with E-state index in [-0.39, 0.29) is 18.0 Å². The minimum absolute atomic E-state index is 0.178. The van der Waals surface area contributed by atoms with Crippen LogP contribution in [0.3, 0.4) is 0 Å². The Hall–Kier alpha value is -4.26. The van der Waals surface area contributed by atoms with Crippen LogP contribution in [0.4, 0.5) is 5.69 Å². The quantitative estimate of drug-likeness (QED) is 0.336. The summed E-state index contributed by atoms with van der Waals surface area (Å²) in [6.07, 6.45) is 3.67. The first-order valence-corrected chi connectivity index (χ1v) is 12.2. The molecular formula is C29H26N4O3. The first-order chi connectivity index (χ1) is 17.5. The molecule has 180 valence electrons. The number of carbonyl (C=O) groups excluding carboxylic acids is 1. The van der Waals surface area contributed by atoms with E-state index in [1.807, 2.05) is 36.4 Å². The van der Waals surface area contributed by atoms with Crippen molar-refractivity contribution < 1.29 is 9.21 Å². The fourth-order valence-corrected chi connectivity index (χ4v) is 4.85. The Morgan fingerprint density at radius 1 is 1.06 bits per heavy atom. The lowest BCUT2D eigenvalue weighted by atomic mass is 9.79. The average Bonchev–Trinajstić information content (AvgIpc) is 3.23. The van der Waals surface area contributed by atoms with Gasteiger partial charge in [0.2, 0.25) is 5.91 Å². The average molecular weight is 479 g/mol. The zero-order valence-electron chi connectivity index (χ0n) is 20.3. The number of anilines is 1. The molecule has 1 amide bonds. The third kappa shape index (κ3) is 3.86. The van der Waals surface area contributed by atoms with E-state index >= 15 is 0 Å². The van der Waals surface area contributed by atoms with E-state index in [9.17, 15) is 9.59 Å². The van der Waals surface area contributed by atoms with Crippen LogP contribution in [0.15, 0.2) is 75.9 Å². The molecule has 0 aliphatic heterocycles. The SMILES string of the molecule is Cc1nc2ccc(N(C)C(=O)Cn3nc(-c4cccc(C5CCC5)c4)c4ccccc4c3=O)cc2o1. The van der Waals surface area contributed by atoms with Crippen LogP contribution in [-0.4, -0.2) is 27.7 Å². The normalized spacial score (nSPS) is 13.7. The number of rotatable bonds is 5. The van der Waals surface area contributed by atoms with Crippen molar-refractivity contribution in [1.82, 2.24) is 14.8 Å². The molecule has 2 aromatic heterocycles. The molecule has 0 atom stereocenters. The van der Waals surface area contributed by atoms with Crippen molar-refractivity contribution in [2.45, 2.75) is 38.6 Å². The molecule has 7 heteroatoms. The van der Waals surface area contributed by atoms with Crippen LogP contribution in [0.2, 0.25) is 0 Å². The molecule has 1 fully saturated rings. The third-order valence-corrected chi connectivity index (χ3v) is 7.13. The topological polar surface area (TPSA) is 81.2 Å². The maximum atomic E-state index is 13.3. The zero-order valence-corrected chi connectivity index (χ0v) is 20.3. The number of aromatic nitrogens is 3. The lowest BCUT2D eigenvalue weighted by Gasteiger charge is -2.26. The minimum Gasteiger partial charge on any atom is -0.441 e. The molecule has 0 bridgehead atoms. The molecule has 7 nitrogen and oxygen atoms in total. The van der Waals surface area contributed by atoms with Gasteiger partial charge >= 0.3 is 0 Å². The smallest absolute Gasteiger partial charge is 0.275 e. The van der Waals surface area contributed by atoms with E-state index in [1.165, 1.54) is 34.4 Å². The number of nitrogens with zero attached hydrogens (tertiary/aromatic N) is 4. The largest absolute Gasteiger partial charge is 0.441 e. The van der Waals surface area contributed by atoms with Crippen molar-refractivity contribution in [1.29, 1.82) is 0 Å². The van der Waals surface area contributed by atoms with Gasteiger partial charge in [0, 0.05) is 36.7 Å². The van der Waals surface area contributed by atoms with Crippen molar-refractivity contribution in [2.75, 3.05) is 11.9 Å². The van der Waals surface area contributed by atoms with Gasteiger partial charge in [-0.25, -0.2) is 9.67 Å². The van der Waals surface area contributed by atoms with Crippen LogP contribution in [0.1, 0.15) is 36.6 Å². The van der Waals surface area contributed by atoms with E-state index in [2.05, 4.69) is 23.2 Å². The Morgan fingerprint density at radius 2 is 1.86 bits per heavy atom. The molecule has 3 aromatic carbocycles. The van der Waals surface area contributed by atoms with Crippen molar-refractivity contribution in [3.63, 3.8) is 0 Å². The fourth-order valence-electron chi connectivity index (χ4n) is 4.85. The van der Waals surface area contributed by atoms with E-state index in [0.29, 0.717) is 34.2 Å². The molecule has 36 heavy (non-hydrogen) atoms. The predicted molar refractivity (Wildman–Crippen MR) is 140 cm³/mol. The number of benzene rings is 3. The van der Waals surface area contributed by atoms with E-state index < -0.39 is 0 Å². The number of hydrogen-bond acceptors (Lipinski definition) is 5. The van der Waals surface area contributed by atoms with E-state index in [1.54, 1.807) is 26.1 Å². The molecule has 1 saturated carbocycles. The monoisotopic (exact) mass is 478 g/mol. The van der Waals surface area contributed by atoms with Gasteiger partial charge in [-0.2, -0.15) is 5.10 Å². The van der Waals surface area contributed by atoms with Gasteiger partial charge in [0.05, 0.1) is 11.1 Å². The molecule has 1 aliphatic rings. The minimum atomic E-state index is -0.285. The fraction of sp³-hybridized carbons (Fsp3) is 0.241. The Bertz CT molecular complexity index is 1680. The van der Waals surface area contributed by atoms with Crippen LogP contribution in [0.25, 0.3) is 33.1 Å². The number of hydrogen-bond donors (Lipinski definition) is 0. The maximum Gasteiger partial charge on any atom is 0.275 e. The van der Waals surface area contributed by atoms with Crippen LogP contribution >= 0.6 is 0 Å². The lowest BCUT2D eigenvalue weighted by Crippen LogP contribution is -2.35. The van der Waals surface area contributed by atoms with Gasteiger partial charge in [0.1, 0.15) is 12.1 Å². The summed E-state index contributed by atoms with van der Waals surface area (Å²) in [6, 6.07) is 21.3. The van der Waals surface area contributed by atoms with Crippen LogP contribution in [-0.2, 0) is 11.3 Å². The second-order valence-electron chi connectivity index (χ2n) is 9.45. The molecule has 0 unspecified atom stereocenters. The highest BCUT2D eigenvalue weighted by Gasteiger charge is 2.21. The molecule has 5 aromatic rings. The second kappa shape index (κ2) is 8.75. The summed E-state index contributed by atoms with van der Waals surface area (Å²) in [4.78, 5) is 32.4. The number of aryl methyl sites for hydroxylation is 1. The summed E-state index contributed by atoms with van der Waals surface area (Å²) in [5.74, 6) is 0.893. The summed E-state index contributed by atoms with van der Waals surface area (Å²) in [5.41, 5.74) is 4.68. The van der Waals surface area contributed by atoms with Crippen molar-refractivity contribution in [3.05, 3.63) is 88.5 Å². The first kappa shape index (κ1) is 22.2. The van der Waals surface area contributed by atoms with Gasteiger partial charge in [0.15, 0.2) is 11.5 Å². The van der Waals surface area contributed by atoms with E-state index in [0.717, 1.165) is 16.5 Å². The van der Waals surface area contributed by atoms with Crippen molar-refractivity contribution in [2.24, 2.45) is 0 Å². The van der Waals surface area contributed by atoms with Gasteiger partial charge < -0.3 is 9.32 Å². The van der Waals surface area contributed by atoms with Crippen LogP contribution in [0.5, 0.6) is 0 Å². The Labute approximate surface area is 208 Å². The van der Waals surface area contributed by atoms with Crippen LogP contribution in [0, 0.1) is 6.92 Å². The van der Waals surface area contributed by atoms with Crippen molar-refractivity contribution >= 4 is 33.5 Å². The highest BCUT2D eigenvalue weighted by atomic mass is 16.3. The number of oxazole rings is 1. The standard InChI is InChI=1S/C29H26N4O3/c1-18-30-25-14-13-22(16-26(25)36-18)32(2)27(34)17-33-29(35)24-12-4-3-11-23(24)28(31-33)21-10-6-9-20(15-21)19-7-5-8-19/h3-4,6,9-16,19H,5,7-8,17H2,1-2H3. The van der Waals surface area contributed by atoms with E-state index in [4.69, 9.17) is 9.52 Å². The molecular weight excluding hydrogens is 452 g/mol. The Kier molecular flexibility index (Phi) is 5.40. The molecule has 1 aliphatic carbocycles. The second-order valence-corrected chi connectivity index (χ2v) is 9.45. The lowest BCUT2D eigenvalue weighted by molar-refractivity contribution is -0.119. The molecule has 2 heterocycles. The summed E-state index contributed by atoms with van der Waals surface area (Å²) in [7, 11) is 1.68. The number of likely N-dealkylation sites (N-methyl/N-ethyl adjacent to an activating group) is 1. The summed E-state index contributed by atoms with van der Waals surface area (Å²) >= 11 is 0. The number of fused-ring (bicyclic) bond motifs is 2. The Balaban J connectivity index is 1.37. The first-order valence-electron chi connectivity index (χ1n) is 12.2. The van der Waals surface area contributed by atoms with Gasteiger partial charge in [-0.3, -0.25) is 9.59 Å². The zero-order chi connectivity index (χ0) is 24.8. The molecule has 0 N–H and O–H groups in total. The summed E-state index contributed by atoms with van der Waals surface area (Å²) in [5, 5.41) is 6.05. The van der Waals surface area contributed by atoms with Gasteiger partial charge in [0.25, 0.3) is 5.56 Å². The number of carbonyl (C=O) groups is 1. The van der Waals surface area contributed by atoms with Gasteiger partial charge in [-0.05, 0) is 48.6 Å². The highest BCUT2D eigenvalue weighted by molar-refractivity contribution is 5.96. The highest BCUT2D eigenvalue weighted by Crippen LogP contribution is 2.38. The molecule has 0 radical (unpaired) electrons.